The molecule has 29 heavy (non-hydrogen) atoms. The molecule has 3 rings (SSSR count). The number of hydrogen-bond donors (Lipinski definition) is 3. The van der Waals surface area contributed by atoms with Crippen LogP contribution >= 0.6 is 11.3 Å². The average Bonchev–Trinajstić information content (AvgIpc) is 3.28. The van der Waals surface area contributed by atoms with Crippen molar-refractivity contribution in [1.82, 2.24) is 10.2 Å². The lowest BCUT2D eigenvalue weighted by Crippen LogP contribution is -2.43. The minimum absolute atomic E-state index is 0.0681. The second kappa shape index (κ2) is 9.89. The number of likely N-dealkylation sites (tertiary alicyclic amines) is 1. The molecule has 1 aromatic carbocycles. The van der Waals surface area contributed by atoms with Gasteiger partial charge in [0.1, 0.15) is 4.88 Å². The van der Waals surface area contributed by atoms with E-state index in [0.29, 0.717) is 23.5 Å². The third-order valence-corrected chi connectivity index (χ3v) is 6.38. The lowest BCUT2D eigenvalue weighted by Gasteiger charge is -2.16. The van der Waals surface area contributed by atoms with E-state index in [4.69, 9.17) is 5.73 Å². The highest BCUT2D eigenvalue weighted by Gasteiger charge is 2.36. The highest BCUT2D eigenvalue weighted by molar-refractivity contribution is 7.18. The van der Waals surface area contributed by atoms with Gasteiger partial charge in [0.05, 0.1) is 17.8 Å². The maximum absolute atomic E-state index is 13.0. The van der Waals surface area contributed by atoms with Gasteiger partial charge in [-0.25, -0.2) is 0 Å². The zero-order valence-electron chi connectivity index (χ0n) is 16.8. The summed E-state index contributed by atoms with van der Waals surface area (Å²) in [6, 6.07) is 11.2. The number of nitrogens with zero attached hydrogens (tertiary/aromatic N) is 1. The molecule has 1 fully saturated rings. The van der Waals surface area contributed by atoms with Crippen molar-refractivity contribution in [2.75, 3.05) is 18.8 Å². The molecule has 1 saturated heterocycles. The number of nitrogens with two attached hydrogens (primary N) is 1. The van der Waals surface area contributed by atoms with Crippen LogP contribution in [0.1, 0.15) is 48.7 Å². The zero-order chi connectivity index (χ0) is 20.8. The Morgan fingerprint density at radius 1 is 1.21 bits per heavy atom. The van der Waals surface area contributed by atoms with E-state index in [1.54, 1.807) is 4.90 Å². The number of amides is 2. The maximum Gasteiger partial charge on any atom is 0.266 e. The van der Waals surface area contributed by atoms with Gasteiger partial charge < -0.3 is 21.1 Å². The summed E-state index contributed by atoms with van der Waals surface area (Å²) < 4.78 is 0. The van der Waals surface area contributed by atoms with Crippen LogP contribution in [0.5, 0.6) is 0 Å². The molecule has 2 heterocycles. The van der Waals surface area contributed by atoms with Gasteiger partial charge in [-0.15, -0.1) is 11.3 Å². The Balaban J connectivity index is 1.60. The largest absolute Gasteiger partial charge is 0.397 e. The van der Waals surface area contributed by atoms with E-state index in [1.807, 2.05) is 36.4 Å². The number of unbranched alkanes of at least 4 members (excludes halogenated alkanes) is 3. The van der Waals surface area contributed by atoms with Gasteiger partial charge in [-0.05, 0) is 18.1 Å². The minimum Gasteiger partial charge on any atom is -0.397 e. The number of aliphatic hydroxyl groups is 1. The number of carbonyl (C=O) groups is 2. The molecular formula is C22H29N3O3S. The summed E-state index contributed by atoms with van der Waals surface area (Å²) in [4.78, 5) is 28.1. The number of nitrogens with one attached hydrogen (secondary N) is 1. The topological polar surface area (TPSA) is 95.7 Å². The minimum atomic E-state index is -0.770. The lowest BCUT2D eigenvalue weighted by atomic mass is 10.1. The Morgan fingerprint density at radius 3 is 2.69 bits per heavy atom. The van der Waals surface area contributed by atoms with Gasteiger partial charge in [0.15, 0.2) is 0 Å². The summed E-state index contributed by atoms with van der Waals surface area (Å²) in [7, 11) is 0. The molecule has 7 heteroatoms. The van der Waals surface area contributed by atoms with E-state index >= 15 is 0 Å². The number of nitrogen functional groups attached to an aromatic ring is 1. The zero-order valence-corrected chi connectivity index (χ0v) is 17.6. The number of benzene rings is 1. The Bertz CT molecular complexity index is 837. The van der Waals surface area contributed by atoms with E-state index < -0.39 is 12.1 Å². The standard InChI is InChI=1S/C22H29N3O3S/c1-2-3-4-8-11-20(27)24-17-13-25(14-18(17)26)22(28)21-16(23)12-19(29-21)15-9-6-5-7-10-15/h5-7,9-10,12,17-18,26H,2-4,8,11,13-14,23H2,1H3,(H,24,27)/t17-,18+/m1/s1. The molecular weight excluding hydrogens is 386 g/mol. The number of rotatable bonds is 8. The molecule has 0 aliphatic carbocycles. The van der Waals surface area contributed by atoms with Crippen LogP contribution in [-0.4, -0.2) is 47.1 Å². The number of aliphatic hydroxyl groups excluding tert-OH is 1. The van der Waals surface area contributed by atoms with Gasteiger partial charge in [-0.3, -0.25) is 9.59 Å². The Labute approximate surface area is 175 Å². The Morgan fingerprint density at radius 2 is 1.97 bits per heavy atom. The van der Waals surface area contributed by atoms with Crippen LogP contribution in [0.2, 0.25) is 0 Å². The molecule has 1 aromatic heterocycles. The third-order valence-electron chi connectivity index (χ3n) is 5.19. The predicted molar refractivity (Wildman–Crippen MR) is 117 cm³/mol. The average molecular weight is 416 g/mol. The van der Waals surface area contributed by atoms with Gasteiger partial charge in [0.2, 0.25) is 5.91 Å². The molecule has 156 valence electrons. The molecule has 0 radical (unpaired) electrons. The molecule has 2 atom stereocenters. The van der Waals surface area contributed by atoms with Gasteiger partial charge in [0.25, 0.3) is 5.91 Å². The summed E-state index contributed by atoms with van der Waals surface area (Å²) in [5, 5.41) is 13.2. The van der Waals surface area contributed by atoms with E-state index in [1.165, 1.54) is 11.3 Å². The SMILES string of the molecule is CCCCCCC(=O)N[C@@H]1CN(C(=O)c2sc(-c3ccccc3)cc2N)C[C@@H]1O. The van der Waals surface area contributed by atoms with Crippen molar-refractivity contribution in [2.24, 2.45) is 0 Å². The normalized spacial score (nSPS) is 18.8. The van der Waals surface area contributed by atoms with E-state index in [0.717, 1.165) is 36.1 Å². The fraction of sp³-hybridized carbons (Fsp3) is 0.455. The second-order valence-electron chi connectivity index (χ2n) is 7.52. The van der Waals surface area contributed by atoms with Crippen LogP contribution < -0.4 is 11.1 Å². The Hall–Kier alpha value is -2.38. The molecule has 1 aliphatic rings. The van der Waals surface area contributed by atoms with Gasteiger partial charge in [-0.2, -0.15) is 0 Å². The summed E-state index contributed by atoms with van der Waals surface area (Å²) in [5.74, 6) is -0.269. The highest BCUT2D eigenvalue weighted by atomic mass is 32.1. The molecule has 0 saturated carbocycles. The smallest absolute Gasteiger partial charge is 0.266 e. The first-order valence-electron chi connectivity index (χ1n) is 10.2. The van der Waals surface area contributed by atoms with Gasteiger partial charge in [0, 0.05) is 24.4 Å². The number of carbonyl (C=O) groups excluding carboxylic acids is 2. The van der Waals surface area contributed by atoms with E-state index in [2.05, 4.69) is 12.2 Å². The number of thiophene rings is 1. The van der Waals surface area contributed by atoms with Gasteiger partial charge in [-0.1, -0.05) is 56.5 Å². The first-order chi connectivity index (χ1) is 14.0. The maximum atomic E-state index is 13.0. The quantitative estimate of drug-likeness (QED) is 0.577. The predicted octanol–water partition coefficient (Wildman–Crippen LogP) is 3.27. The van der Waals surface area contributed by atoms with Crippen molar-refractivity contribution in [3.8, 4) is 10.4 Å². The third kappa shape index (κ3) is 5.36. The number of anilines is 1. The van der Waals surface area contributed by atoms with Crippen molar-refractivity contribution in [3.63, 3.8) is 0 Å². The molecule has 6 nitrogen and oxygen atoms in total. The van der Waals surface area contributed by atoms with Crippen molar-refractivity contribution < 1.29 is 14.7 Å². The summed E-state index contributed by atoms with van der Waals surface area (Å²) in [5.41, 5.74) is 7.56. The highest BCUT2D eigenvalue weighted by Crippen LogP contribution is 2.34. The second-order valence-corrected chi connectivity index (χ2v) is 8.58. The van der Waals surface area contributed by atoms with Crippen LogP contribution in [0.3, 0.4) is 0 Å². The molecule has 2 aromatic rings. The number of hydrogen-bond acceptors (Lipinski definition) is 5. The van der Waals surface area contributed by atoms with Crippen LogP contribution in [0.15, 0.2) is 36.4 Å². The molecule has 4 N–H and O–H groups in total. The van der Waals surface area contributed by atoms with Crippen LogP contribution in [0.25, 0.3) is 10.4 Å². The molecule has 0 unspecified atom stereocenters. The summed E-state index contributed by atoms with van der Waals surface area (Å²) in [6.45, 7) is 2.61. The van der Waals surface area contributed by atoms with Crippen molar-refractivity contribution in [3.05, 3.63) is 41.3 Å². The molecule has 1 aliphatic heterocycles. The van der Waals surface area contributed by atoms with E-state index in [-0.39, 0.29) is 18.4 Å². The van der Waals surface area contributed by atoms with Crippen molar-refractivity contribution in [1.29, 1.82) is 0 Å². The first kappa shape index (κ1) is 21.3. The fourth-order valence-electron chi connectivity index (χ4n) is 3.55. The van der Waals surface area contributed by atoms with Crippen molar-refractivity contribution >= 4 is 28.8 Å². The number of β-amino-alcohol motifs (C(OH)–C–C–N with tert-alkyl or cyclic N) is 1. The lowest BCUT2D eigenvalue weighted by molar-refractivity contribution is -0.122. The first-order valence-corrected chi connectivity index (χ1v) is 11.0. The molecule has 0 spiro atoms. The van der Waals surface area contributed by atoms with Gasteiger partial charge >= 0.3 is 0 Å². The Kier molecular flexibility index (Phi) is 7.28. The summed E-state index contributed by atoms with van der Waals surface area (Å²) >= 11 is 1.35. The van der Waals surface area contributed by atoms with Crippen LogP contribution in [-0.2, 0) is 4.79 Å². The van der Waals surface area contributed by atoms with Crippen LogP contribution in [0.4, 0.5) is 5.69 Å². The monoisotopic (exact) mass is 415 g/mol. The molecule has 0 bridgehead atoms. The van der Waals surface area contributed by atoms with Crippen molar-refractivity contribution in [2.45, 2.75) is 51.2 Å². The molecule has 2 amide bonds. The van der Waals surface area contributed by atoms with Crippen LogP contribution in [0, 0.1) is 0 Å². The summed E-state index contributed by atoms with van der Waals surface area (Å²) in [6.07, 6.45) is 3.80. The van der Waals surface area contributed by atoms with E-state index in [9.17, 15) is 14.7 Å². The fourth-order valence-corrected chi connectivity index (χ4v) is 4.60.